The fourth-order valence-corrected chi connectivity index (χ4v) is 1.53. The minimum Gasteiger partial charge on any atom is -0.481 e. The number of aliphatic carboxylic acids is 2. The van der Waals surface area contributed by atoms with Gasteiger partial charge in [0.05, 0.1) is 5.92 Å². The van der Waals surface area contributed by atoms with Crippen molar-refractivity contribution in [3.05, 3.63) is 29.8 Å². The lowest BCUT2D eigenvalue weighted by Crippen LogP contribution is -2.35. The second-order valence-electron chi connectivity index (χ2n) is 3.91. The Morgan fingerprint density at radius 3 is 2.56 bits per heavy atom. The van der Waals surface area contributed by atoms with E-state index >= 15 is 0 Å². The van der Waals surface area contributed by atoms with E-state index in [4.69, 9.17) is 15.9 Å². The molecule has 0 saturated heterocycles. The van der Waals surface area contributed by atoms with E-state index in [0.29, 0.717) is 5.56 Å². The van der Waals surface area contributed by atoms with E-state index < -0.39 is 29.8 Å². The molecule has 0 saturated carbocycles. The van der Waals surface area contributed by atoms with Gasteiger partial charge in [-0.25, -0.2) is 4.98 Å². The van der Waals surface area contributed by atoms with Crippen LogP contribution in [0.4, 0.5) is 4.39 Å². The Balaban J connectivity index is 2.75. The highest BCUT2D eigenvalue weighted by Gasteiger charge is 2.24. The number of carbonyl (C=O) groups is 2. The smallest absolute Gasteiger partial charge is 0.320 e. The number of pyridine rings is 1. The summed E-state index contributed by atoms with van der Waals surface area (Å²) in [5, 5.41) is 17.6. The predicted molar refractivity (Wildman–Crippen MR) is 59.3 cm³/mol. The number of hydrogen-bond acceptors (Lipinski definition) is 4. The van der Waals surface area contributed by atoms with Crippen LogP contribution in [-0.4, -0.2) is 33.2 Å². The van der Waals surface area contributed by atoms with E-state index in [9.17, 15) is 14.0 Å². The van der Waals surface area contributed by atoms with E-state index in [1.54, 1.807) is 0 Å². The Morgan fingerprint density at radius 1 is 1.39 bits per heavy atom. The average Bonchev–Trinajstić information content (AvgIpc) is 2.27. The van der Waals surface area contributed by atoms with Gasteiger partial charge in [-0.1, -0.05) is 0 Å². The van der Waals surface area contributed by atoms with Crippen LogP contribution in [0.5, 0.6) is 0 Å². The minimum absolute atomic E-state index is 0.00968. The third-order valence-electron chi connectivity index (χ3n) is 2.48. The molecule has 0 aliphatic rings. The van der Waals surface area contributed by atoms with Gasteiger partial charge in [0, 0.05) is 6.20 Å². The summed E-state index contributed by atoms with van der Waals surface area (Å²) in [6.07, 6.45) is 1.02. The normalized spacial score (nSPS) is 13.9. The molecular formula is C11H13FN2O4. The first-order valence-corrected chi connectivity index (χ1v) is 5.21. The van der Waals surface area contributed by atoms with Gasteiger partial charge in [-0.05, 0) is 30.5 Å². The molecule has 1 rings (SSSR count). The average molecular weight is 256 g/mol. The molecule has 98 valence electrons. The van der Waals surface area contributed by atoms with Gasteiger partial charge in [0.25, 0.3) is 0 Å². The van der Waals surface area contributed by atoms with Crippen LogP contribution in [0.2, 0.25) is 0 Å². The summed E-state index contributed by atoms with van der Waals surface area (Å²) in [5.41, 5.74) is 5.73. The molecule has 1 heterocycles. The summed E-state index contributed by atoms with van der Waals surface area (Å²) in [6, 6.07) is 1.34. The zero-order valence-electron chi connectivity index (χ0n) is 9.41. The SMILES string of the molecule is NC(CC(Cc1ccnc(F)c1)C(=O)O)C(=O)O. The molecule has 6 nitrogen and oxygen atoms in total. The first-order valence-electron chi connectivity index (χ1n) is 5.21. The molecule has 0 amide bonds. The van der Waals surface area contributed by atoms with Gasteiger partial charge in [0.2, 0.25) is 5.95 Å². The summed E-state index contributed by atoms with van der Waals surface area (Å²) in [4.78, 5) is 24.9. The zero-order chi connectivity index (χ0) is 13.7. The first kappa shape index (κ1) is 14.0. The van der Waals surface area contributed by atoms with Crippen LogP contribution >= 0.6 is 0 Å². The maximum absolute atomic E-state index is 12.8. The number of carboxylic acid groups (broad SMARTS) is 2. The van der Waals surface area contributed by atoms with Crippen molar-refractivity contribution in [2.45, 2.75) is 18.9 Å². The highest BCUT2D eigenvalue weighted by molar-refractivity contribution is 5.76. The van der Waals surface area contributed by atoms with Crippen LogP contribution in [0.3, 0.4) is 0 Å². The molecule has 18 heavy (non-hydrogen) atoms. The number of nitrogens with zero attached hydrogens (tertiary/aromatic N) is 1. The molecule has 0 spiro atoms. The molecule has 7 heteroatoms. The van der Waals surface area contributed by atoms with Crippen LogP contribution in [0.1, 0.15) is 12.0 Å². The Hall–Kier alpha value is -2.02. The van der Waals surface area contributed by atoms with Gasteiger partial charge < -0.3 is 15.9 Å². The first-order chi connectivity index (χ1) is 8.40. The molecule has 0 fully saturated rings. The summed E-state index contributed by atoms with van der Waals surface area (Å²) in [5.74, 6) is -4.11. The molecule has 0 aromatic carbocycles. The third-order valence-corrected chi connectivity index (χ3v) is 2.48. The number of nitrogens with two attached hydrogens (primary N) is 1. The van der Waals surface area contributed by atoms with Crippen molar-refractivity contribution < 1.29 is 24.2 Å². The number of rotatable bonds is 6. The Kier molecular flexibility index (Phi) is 4.73. The predicted octanol–water partition coefficient (Wildman–Crippen LogP) is 0.266. The number of aromatic nitrogens is 1. The second-order valence-corrected chi connectivity index (χ2v) is 3.91. The molecule has 2 atom stereocenters. The van der Waals surface area contributed by atoms with Gasteiger partial charge in [-0.2, -0.15) is 4.39 Å². The van der Waals surface area contributed by atoms with E-state index in [2.05, 4.69) is 4.98 Å². The van der Waals surface area contributed by atoms with Gasteiger partial charge in [-0.3, -0.25) is 9.59 Å². The van der Waals surface area contributed by atoms with Gasteiger partial charge in [-0.15, -0.1) is 0 Å². The van der Waals surface area contributed by atoms with Crippen LogP contribution in [-0.2, 0) is 16.0 Å². The maximum Gasteiger partial charge on any atom is 0.320 e. The summed E-state index contributed by atoms with van der Waals surface area (Å²) in [6.45, 7) is 0. The van der Waals surface area contributed by atoms with Crippen molar-refractivity contribution in [1.29, 1.82) is 0 Å². The largest absolute Gasteiger partial charge is 0.481 e. The summed E-state index contributed by atoms with van der Waals surface area (Å²) < 4.78 is 12.8. The molecule has 2 unspecified atom stereocenters. The number of hydrogen-bond donors (Lipinski definition) is 3. The molecule has 0 radical (unpaired) electrons. The topological polar surface area (TPSA) is 114 Å². The number of carboxylic acids is 2. The second kappa shape index (κ2) is 6.06. The van der Waals surface area contributed by atoms with Gasteiger partial charge in [0.1, 0.15) is 6.04 Å². The molecule has 0 aliphatic carbocycles. The minimum atomic E-state index is -1.26. The van der Waals surface area contributed by atoms with Gasteiger partial charge >= 0.3 is 11.9 Å². The van der Waals surface area contributed by atoms with Crippen molar-refractivity contribution in [2.24, 2.45) is 11.7 Å². The maximum atomic E-state index is 12.8. The van der Waals surface area contributed by atoms with Crippen LogP contribution in [0.25, 0.3) is 0 Å². The third kappa shape index (κ3) is 4.10. The molecule has 0 aliphatic heterocycles. The lowest BCUT2D eigenvalue weighted by atomic mass is 9.93. The van der Waals surface area contributed by atoms with E-state index in [1.165, 1.54) is 12.3 Å². The fraction of sp³-hybridized carbons (Fsp3) is 0.364. The fourth-order valence-electron chi connectivity index (χ4n) is 1.53. The van der Waals surface area contributed by atoms with Crippen LogP contribution in [0.15, 0.2) is 18.3 Å². The molecule has 1 aromatic rings. The Morgan fingerprint density at radius 2 is 2.06 bits per heavy atom. The van der Waals surface area contributed by atoms with Gasteiger partial charge in [0.15, 0.2) is 0 Å². The van der Waals surface area contributed by atoms with E-state index in [1.807, 2.05) is 0 Å². The highest BCUT2D eigenvalue weighted by Crippen LogP contribution is 2.14. The monoisotopic (exact) mass is 256 g/mol. The summed E-state index contributed by atoms with van der Waals surface area (Å²) in [7, 11) is 0. The lowest BCUT2D eigenvalue weighted by Gasteiger charge is -2.14. The van der Waals surface area contributed by atoms with Crippen molar-refractivity contribution in [2.75, 3.05) is 0 Å². The lowest BCUT2D eigenvalue weighted by molar-refractivity contribution is -0.143. The van der Waals surface area contributed by atoms with Crippen molar-refractivity contribution >= 4 is 11.9 Å². The highest BCUT2D eigenvalue weighted by atomic mass is 19.1. The molecule has 0 bridgehead atoms. The van der Waals surface area contributed by atoms with Crippen LogP contribution in [0, 0.1) is 11.9 Å². The molecule has 1 aromatic heterocycles. The van der Waals surface area contributed by atoms with Crippen molar-refractivity contribution in [3.8, 4) is 0 Å². The Bertz CT molecular complexity index is 452. The van der Waals surface area contributed by atoms with E-state index in [0.717, 1.165) is 6.07 Å². The zero-order valence-corrected chi connectivity index (χ0v) is 9.41. The van der Waals surface area contributed by atoms with Crippen LogP contribution < -0.4 is 5.73 Å². The van der Waals surface area contributed by atoms with Crippen molar-refractivity contribution in [3.63, 3.8) is 0 Å². The standard InChI is InChI=1S/C11H13FN2O4/c12-9-4-6(1-2-14-9)3-7(10(15)16)5-8(13)11(17)18/h1-2,4,7-8H,3,5,13H2,(H,15,16)(H,17,18). The number of halogens is 1. The van der Waals surface area contributed by atoms with Crippen molar-refractivity contribution in [1.82, 2.24) is 4.98 Å². The molecular weight excluding hydrogens is 243 g/mol. The Labute approximate surface area is 102 Å². The quantitative estimate of drug-likeness (QED) is 0.629. The van der Waals surface area contributed by atoms with E-state index in [-0.39, 0.29) is 12.8 Å². The molecule has 4 N–H and O–H groups in total. The summed E-state index contributed by atoms with van der Waals surface area (Å²) >= 11 is 0.